The first-order valence-corrected chi connectivity index (χ1v) is 23.7. The summed E-state index contributed by atoms with van der Waals surface area (Å²) in [6, 6.07) is 41.6. The zero-order valence-corrected chi connectivity index (χ0v) is 37.8. The first-order valence-electron chi connectivity index (χ1n) is 20.9. The van der Waals surface area contributed by atoms with E-state index in [-0.39, 0.29) is 24.8 Å². The molecule has 0 fully saturated rings. The fraction of sp³-hybridized carbons (Fsp3) is 0.308. The van der Waals surface area contributed by atoms with Gasteiger partial charge in [0.05, 0.1) is 0 Å². The van der Waals surface area contributed by atoms with Gasteiger partial charge in [0.15, 0.2) is 0 Å². The van der Waals surface area contributed by atoms with Gasteiger partial charge in [0, 0.05) is 0 Å². The second-order valence-corrected chi connectivity index (χ2v) is 19.1. The number of benzene rings is 4. The quantitative estimate of drug-likeness (QED) is 0.0974. The van der Waals surface area contributed by atoms with Crippen molar-refractivity contribution < 1.29 is 56.9 Å². The van der Waals surface area contributed by atoms with Crippen LogP contribution in [-0.4, -0.2) is 0 Å². The molecule has 0 amide bonds. The van der Waals surface area contributed by atoms with Crippen molar-refractivity contribution >= 4 is 23.3 Å². The molecule has 2 heterocycles. The van der Waals surface area contributed by atoms with Crippen molar-refractivity contribution in [2.75, 3.05) is 0 Å². The van der Waals surface area contributed by atoms with E-state index in [1.165, 1.54) is 92.5 Å². The molecule has 57 heavy (non-hydrogen) atoms. The van der Waals surface area contributed by atoms with E-state index >= 15 is 0 Å². The Bertz CT molecular complexity index is 2140. The number of unbranched alkanes of at least 4 members (excludes halogenated alkanes) is 2. The third-order valence-electron chi connectivity index (χ3n) is 11.5. The minimum Gasteiger partial charge on any atom is -1.00 e. The van der Waals surface area contributed by atoms with Gasteiger partial charge in [-0.1, -0.05) is 0 Å². The fourth-order valence-electron chi connectivity index (χ4n) is 8.55. The van der Waals surface area contributed by atoms with E-state index in [1.54, 1.807) is 0 Å². The van der Waals surface area contributed by atoms with Gasteiger partial charge in [0.1, 0.15) is 0 Å². The van der Waals surface area contributed by atoms with Crippen LogP contribution < -0.4 is 24.8 Å². The molecule has 8 rings (SSSR count). The summed E-state index contributed by atoms with van der Waals surface area (Å²) in [5.74, 6) is 4.24. The van der Waals surface area contributed by atoms with Crippen molar-refractivity contribution in [3.05, 3.63) is 166 Å². The molecule has 2 unspecified atom stereocenters. The van der Waals surface area contributed by atoms with Crippen molar-refractivity contribution in [1.29, 1.82) is 0 Å². The van der Waals surface area contributed by atoms with Gasteiger partial charge in [-0.25, -0.2) is 0 Å². The Kier molecular flexibility index (Phi) is 15.0. The number of halogens is 2. The average Bonchev–Trinajstić information content (AvgIpc) is 4.03. The van der Waals surface area contributed by atoms with E-state index in [0.717, 1.165) is 61.6 Å². The first kappa shape index (κ1) is 43.0. The molecule has 0 spiro atoms. The molecule has 0 radical (unpaired) electrons. The molecule has 2 nitrogen and oxygen atoms in total. The maximum absolute atomic E-state index is 6.68. The molecular weight excluding hydrogens is 819 g/mol. The Morgan fingerprint density at radius 2 is 0.877 bits per heavy atom. The Morgan fingerprint density at radius 3 is 1.26 bits per heavy atom. The summed E-state index contributed by atoms with van der Waals surface area (Å²) >= 11 is -1.33. The molecule has 4 aromatic carbocycles. The van der Waals surface area contributed by atoms with E-state index in [0.29, 0.717) is 7.25 Å². The van der Waals surface area contributed by atoms with Crippen molar-refractivity contribution in [3.8, 4) is 22.3 Å². The Labute approximate surface area is 364 Å². The van der Waals surface area contributed by atoms with Crippen molar-refractivity contribution in [1.82, 2.24) is 0 Å². The summed E-state index contributed by atoms with van der Waals surface area (Å²) in [5.41, 5.74) is 16.4. The number of furan rings is 2. The van der Waals surface area contributed by atoms with Gasteiger partial charge in [0.25, 0.3) is 0 Å². The predicted octanol–water partition coefficient (Wildman–Crippen LogP) is 8.78. The number of fused-ring (bicyclic) bond motifs is 2. The molecular formula is C52H54Cl2O2Zr. The molecule has 0 N–H and O–H groups in total. The van der Waals surface area contributed by atoms with Crippen LogP contribution in [0, 0.1) is 0 Å². The molecule has 6 aromatic rings. The van der Waals surface area contributed by atoms with E-state index in [9.17, 15) is 0 Å². The Balaban J connectivity index is 0.00000275. The van der Waals surface area contributed by atoms with E-state index in [2.05, 4.69) is 149 Å². The van der Waals surface area contributed by atoms with Gasteiger partial charge in [-0.05, 0) is 0 Å². The third-order valence-corrected chi connectivity index (χ3v) is 16.2. The van der Waals surface area contributed by atoms with Crippen LogP contribution >= 0.6 is 0 Å². The average molecular weight is 873 g/mol. The van der Waals surface area contributed by atoms with Crippen molar-refractivity contribution in [2.24, 2.45) is 0 Å². The summed E-state index contributed by atoms with van der Waals surface area (Å²) in [5, 5.41) is 0. The molecule has 2 aromatic heterocycles. The zero-order chi connectivity index (χ0) is 37.7. The summed E-state index contributed by atoms with van der Waals surface area (Å²) in [6.45, 7) is 8.99. The molecule has 292 valence electrons. The van der Waals surface area contributed by atoms with Gasteiger partial charge in [-0.3, -0.25) is 0 Å². The molecule has 2 aliphatic rings. The number of hydrogen-bond donors (Lipinski definition) is 0. The van der Waals surface area contributed by atoms with E-state index < -0.39 is 23.2 Å². The summed E-state index contributed by atoms with van der Waals surface area (Å²) < 4.78 is 14.0. The molecule has 0 aliphatic heterocycles. The van der Waals surface area contributed by atoms with Gasteiger partial charge < -0.3 is 24.8 Å². The maximum atomic E-state index is 6.68. The molecule has 2 aliphatic carbocycles. The SMILES string of the molecule is CCCCc1ccc(-c2cccc3c2C=C(c2ccc(CCC)o2)[CH]3[Zr+2][CH]2C(c3ccc(CCC)o3)=Cc3c(-c4ccc(CCCC)cc4)cccc32)cc1.[Cl-].[Cl-]. The molecule has 5 heteroatoms. The fourth-order valence-corrected chi connectivity index (χ4v) is 13.5. The van der Waals surface area contributed by atoms with E-state index in [4.69, 9.17) is 8.83 Å². The van der Waals surface area contributed by atoms with Gasteiger partial charge in [0.2, 0.25) is 0 Å². The maximum Gasteiger partial charge on any atom is -1.00 e. The predicted molar refractivity (Wildman–Crippen MR) is 228 cm³/mol. The monoisotopic (exact) mass is 870 g/mol. The van der Waals surface area contributed by atoms with Gasteiger partial charge in [-0.15, -0.1) is 0 Å². The van der Waals surface area contributed by atoms with Gasteiger partial charge >= 0.3 is 342 Å². The van der Waals surface area contributed by atoms with Crippen LogP contribution in [0.2, 0.25) is 0 Å². The van der Waals surface area contributed by atoms with Crippen LogP contribution in [0.25, 0.3) is 45.6 Å². The number of rotatable bonds is 16. The van der Waals surface area contributed by atoms with Crippen molar-refractivity contribution in [3.63, 3.8) is 0 Å². The van der Waals surface area contributed by atoms with Crippen LogP contribution in [-0.2, 0) is 48.9 Å². The standard InChI is InChI=1S/2C26H27O.2ClH.Zr/c2*1-3-5-8-19-11-13-20(14-12-19)24-10-6-9-21-17-22(18-25(21)24)26-16-15-23(27-26)7-4-2;;;/h2*6,9-18H,3-5,7-8H2,1-2H3;2*1H;/q;;;;+2/p-2. The molecule has 0 bridgehead atoms. The van der Waals surface area contributed by atoms with Crippen LogP contribution in [0.4, 0.5) is 0 Å². The van der Waals surface area contributed by atoms with Crippen LogP contribution in [0.5, 0.6) is 0 Å². The third kappa shape index (κ3) is 9.18. The summed E-state index contributed by atoms with van der Waals surface area (Å²) in [6.07, 6.45) is 16.2. The summed E-state index contributed by atoms with van der Waals surface area (Å²) in [7, 11) is 0. The van der Waals surface area contributed by atoms with Crippen molar-refractivity contribution in [2.45, 2.75) is 99.2 Å². The van der Waals surface area contributed by atoms with Crippen LogP contribution in [0.1, 0.15) is 130 Å². The van der Waals surface area contributed by atoms with E-state index in [1.807, 2.05) is 0 Å². The molecule has 2 atom stereocenters. The topological polar surface area (TPSA) is 26.3 Å². The first-order chi connectivity index (χ1) is 27.1. The largest absolute Gasteiger partial charge is 1.00 e. The normalized spacial score (nSPS) is 15.2. The minimum atomic E-state index is -1.33. The van der Waals surface area contributed by atoms with Crippen LogP contribution in [0.15, 0.2) is 118 Å². The minimum absolute atomic E-state index is 0. The zero-order valence-electron chi connectivity index (χ0n) is 33.8. The second-order valence-electron chi connectivity index (χ2n) is 15.5. The number of allylic oxidation sites excluding steroid dienone is 2. The number of aryl methyl sites for hydroxylation is 4. The Morgan fingerprint density at radius 1 is 0.456 bits per heavy atom. The number of hydrogen-bond acceptors (Lipinski definition) is 2. The second kappa shape index (κ2) is 19.9. The Hall–Kier alpha value is -3.62. The van der Waals surface area contributed by atoms with Crippen LogP contribution in [0.3, 0.4) is 0 Å². The molecule has 0 saturated carbocycles. The molecule has 0 saturated heterocycles. The summed E-state index contributed by atoms with van der Waals surface area (Å²) in [4.78, 5) is 0. The smallest absolute Gasteiger partial charge is 1.00 e. The van der Waals surface area contributed by atoms with Gasteiger partial charge in [-0.2, -0.15) is 0 Å².